The van der Waals surface area contributed by atoms with Crippen LogP contribution in [0.15, 0.2) is 11.8 Å². The monoisotopic (exact) mass is 357 g/mol. The Labute approximate surface area is 148 Å². The Kier molecular flexibility index (Phi) is 12.1. The lowest BCUT2D eigenvalue weighted by molar-refractivity contribution is -0.138. The first kappa shape index (κ1) is 22.9. The van der Waals surface area contributed by atoms with Gasteiger partial charge in [0, 0.05) is 24.9 Å². The minimum absolute atomic E-state index is 0.202. The predicted molar refractivity (Wildman–Crippen MR) is 95.3 cm³/mol. The average molecular weight is 357 g/mol. The van der Waals surface area contributed by atoms with Crippen molar-refractivity contribution in [2.75, 3.05) is 13.1 Å². The number of hydrogen-bond donors (Lipinski definition) is 6. The van der Waals surface area contributed by atoms with Crippen LogP contribution in [-0.2, 0) is 14.4 Å². The fourth-order valence-electron chi connectivity index (χ4n) is 1.99. The van der Waals surface area contributed by atoms with Crippen molar-refractivity contribution in [2.24, 2.45) is 17.2 Å². The first-order valence-electron chi connectivity index (χ1n) is 8.48. The van der Waals surface area contributed by atoms with Crippen molar-refractivity contribution >= 4 is 17.8 Å². The first-order valence-corrected chi connectivity index (χ1v) is 8.48. The Morgan fingerprint density at radius 1 is 0.960 bits per heavy atom. The summed E-state index contributed by atoms with van der Waals surface area (Å²) in [7, 11) is 0. The number of unbranched alkanes of at least 4 members (excludes halogenated alkanes) is 2. The number of carbonyl (C=O) groups is 3. The maximum absolute atomic E-state index is 11.8. The van der Waals surface area contributed by atoms with Crippen molar-refractivity contribution in [3.05, 3.63) is 11.8 Å². The summed E-state index contributed by atoms with van der Waals surface area (Å²) >= 11 is 0. The largest absolute Gasteiger partial charge is 0.480 e. The highest BCUT2D eigenvalue weighted by atomic mass is 16.4. The van der Waals surface area contributed by atoms with Crippen molar-refractivity contribution < 1.29 is 19.5 Å². The average Bonchev–Trinajstić information content (AvgIpc) is 2.59. The Hall–Kier alpha value is -2.13. The molecule has 0 bridgehead atoms. The fourth-order valence-corrected chi connectivity index (χ4v) is 1.99. The third-order valence-corrected chi connectivity index (χ3v) is 3.73. The molecule has 0 radical (unpaired) electrons. The summed E-state index contributed by atoms with van der Waals surface area (Å²) in [5, 5.41) is 14.1. The van der Waals surface area contributed by atoms with E-state index in [0.717, 1.165) is 6.42 Å². The second-order valence-electron chi connectivity index (χ2n) is 5.94. The molecular weight excluding hydrogens is 326 g/mol. The zero-order valence-corrected chi connectivity index (χ0v) is 14.8. The third kappa shape index (κ3) is 11.1. The van der Waals surface area contributed by atoms with E-state index >= 15 is 0 Å². The van der Waals surface area contributed by atoms with Crippen LogP contribution in [0, 0.1) is 0 Å². The fraction of sp³-hybridized carbons (Fsp3) is 0.688. The van der Waals surface area contributed by atoms with Gasteiger partial charge in [-0.05, 0) is 45.4 Å². The number of hydrogen-bond acceptors (Lipinski definition) is 6. The number of nitrogens with two attached hydrogens (primary N) is 3. The molecule has 2 amide bonds. The molecule has 9 N–H and O–H groups in total. The van der Waals surface area contributed by atoms with Crippen molar-refractivity contribution in [1.29, 1.82) is 0 Å². The van der Waals surface area contributed by atoms with Gasteiger partial charge >= 0.3 is 5.97 Å². The van der Waals surface area contributed by atoms with Gasteiger partial charge in [0.25, 0.3) is 0 Å². The maximum Gasteiger partial charge on any atom is 0.320 e. The molecule has 9 nitrogen and oxygen atoms in total. The molecule has 0 aliphatic rings. The van der Waals surface area contributed by atoms with Gasteiger partial charge in [0.2, 0.25) is 11.8 Å². The highest BCUT2D eigenvalue weighted by molar-refractivity contribution is 5.92. The summed E-state index contributed by atoms with van der Waals surface area (Å²) in [6.07, 6.45) is 4.87. The highest BCUT2D eigenvalue weighted by Gasteiger charge is 2.13. The SMILES string of the molecule is C/C(=C\N)C(=O)NCCCCC(N)C(=O)NCCCCC(N)C(=O)O. The van der Waals surface area contributed by atoms with Crippen LogP contribution in [0.25, 0.3) is 0 Å². The summed E-state index contributed by atoms with van der Waals surface area (Å²) in [6, 6.07) is -1.45. The van der Waals surface area contributed by atoms with Crippen molar-refractivity contribution in [1.82, 2.24) is 10.6 Å². The van der Waals surface area contributed by atoms with Gasteiger partial charge in [0.1, 0.15) is 6.04 Å². The zero-order chi connectivity index (χ0) is 19.2. The molecule has 144 valence electrons. The normalized spacial score (nSPS) is 13.8. The second-order valence-corrected chi connectivity index (χ2v) is 5.94. The third-order valence-electron chi connectivity index (χ3n) is 3.73. The number of aliphatic carboxylic acids is 1. The molecule has 0 aliphatic carbocycles. The lowest BCUT2D eigenvalue weighted by Crippen LogP contribution is -2.41. The molecule has 2 unspecified atom stereocenters. The Balaban J connectivity index is 3.69. The topological polar surface area (TPSA) is 174 Å². The summed E-state index contributed by atoms with van der Waals surface area (Å²) < 4.78 is 0. The lowest BCUT2D eigenvalue weighted by atomic mass is 10.1. The number of carbonyl (C=O) groups excluding carboxylic acids is 2. The quantitative estimate of drug-likeness (QED) is 0.184. The summed E-state index contributed by atoms with van der Waals surface area (Å²) in [4.78, 5) is 33.8. The molecule has 0 rings (SSSR count). The van der Waals surface area contributed by atoms with E-state index in [4.69, 9.17) is 22.3 Å². The number of rotatable bonds is 13. The number of nitrogens with one attached hydrogen (secondary N) is 2. The molecule has 0 saturated heterocycles. The van der Waals surface area contributed by atoms with E-state index in [1.807, 2.05) is 0 Å². The van der Waals surface area contributed by atoms with Crippen molar-refractivity contribution in [3.63, 3.8) is 0 Å². The molecule has 0 fully saturated rings. The molecule has 0 heterocycles. The summed E-state index contributed by atoms with van der Waals surface area (Å²) in [6.45, 7) is 2.58. The molecule has 0 saturated carbocycles. The van der Waals surface area contributed by atoms with Gasteiger partial charge in [0.15, 0.2) is 0 Å². The molecule has 9 heteroatoms. The molecular formula is C16H31N5O4. The van der Waals surface area contributed by atoms with Gasteiger partial charge < -0.3 is 32.9 Å². The van der Waals surface area contributed by atoms with Gasteiger partial charge in [-0.1, -0.05) is 0 Å². The molecule has 25 heavy (non-hydrogen) atoms. The number of amides is 2. The van der Waals surface area contributed by atoms with Crippen molar-refractivity contribution in [2.45, 2.75) is 57.5 Å². The van der Waals surface area contributed by atoms with Gasteiger partial charge in [0.05, 0.1) is 6.04 Å². The lowest BCUT2D eigenvalue weighted by Gasteiger charge is -2.12. The van der Waals surface area contributed by atoms with Gasteiger partial charge in [-0.25, -0.2) is 0 Å². The van der Waals surface area contributed by atoms with Crippen LogP contribution in [0.2, 0.25) is 0 Å². The summed E-state index contributed by atoms with van der Waals surface area (Å²) in [5.41, 5.74) is 16.9. The predicted octanol–water partition coefficient (Wildman–Crippen LogP) is -0.839. The van der Waals surface area contributed by atoms with Crippen LogP contribution in [0.5, 0.6) is 0 Å². The second kappa shape index (κ2) is 13.2. The van der Waals surface area contributed by atoms with Gasteiger partial charge in [-0.2, -0.15) is 0 Å². The number of carboxylic acid groups (broad SMARTS) is 1. The van der Waals surface area contributed by atoms with Crippen LogP contribution in [0.4, 0.5) is 0 Å². The van der Waals surface area contributed by atoms with Crippen LogP contribution >= 0.6 is 0 Å². The maximum atomic E-state index is 11.8. The molecule has 0 aliphatic heterocycles. The molecule has 0 aromatic heterocycles. The van der Waals surface area contributed by atoms with E-state index in [9.17, 15) is 14.4 Å². The van der Waals surface area contributed by atoms with Crippen LogP contribution in [0.3, 0.4) is 0 Å². The van der Waals surface area contributed by atoms with E-state index in [2.05, 4.69) is 10.6 Å². The minimum Gasteiger partial charge on any atom is -0.480 e. The Morgan fingerprint density at radius 2 is 1.48 bits per heavy atom. The number of carboxylic acids is 1. The minimum atomic E-state index is -1.02. The highest BCUT2D eigenvalue weighted by Crippen LogP contribution is 2.01. The Bertz CT molecular complexity index is 467. The van der Waals surface area contributed by atoms with E-state index in [1.54, 1.807) is 6.92 Å². The molecule has 0 spiro atoms. The van der Waals surface area contributed by atoms with Crippen molar-refractivity contribution in [3.8, 4) is 0 Å². The molecule has 2 atom stereocenters. The van der Waals surface area contributed by atoms with E-state index in [1.165, 1.54) is 6.20 Å². The van der Waals surface area contributed by atoms with E-state index in [0.29, 0.717) is 50.8 Å². The van der Waals surface area contributed by atoms with Crippen LogP contribution in [0.1, 0.15) is 45.4 Å². The smallest absolute Gasteiger partial charge is 0.320 e. The van der Waals surface area contributed by atoms with E-state index < -0.39 is 18.1 Å². The van der Waals surface area contributed by atoms with Gasteiger partial charge in [-0.3, -0.25) is 14.4 Å². The van der Waals surface area contributed by atoms with Gasteiger partial charge in [-0.15, -0.1) is 0 Å². The Morgan fingerprint density at radius 3 is 2.00 bits per heavy atom. The molecule has 0 aromatic rings. The summed E-state index contributed by atoms with van der Waals surface area (Å²) in [5.74, 6) is -1.45. The van der Waals surface area contributed by atoms with E-state index in [-0.39, 0.29) is 11.8 Å². The molecule has 0 aromatic carbocycles. The van der Waals surface area contributed by atoms with Crippen LogP contribution in [-0.4, -0.2) is 48.1 Å². The zero-order valence-electron chi connectivity index (χ0n) is 14.8. The van der Waals surface area contributed by atoms with Crippen LogP contribution < -0.4 is 27.8 Å². The standard InChI is InChI=1S/C16H31N5O4/c1-11(10-17)14(22)20-8-4-2-6-12(18)15(23)21-9-5-3-7-13(19)16(24)25/h10,12-13H,2-9,17-19H2,1H3,(H,20,22)(H,21,23)(H,24,25)/b11-10+. The first-order chi connectivity index (χ1) is 11.8.